The standard InChI is InChI=1S/C12H21NO3/c1-5-7-9(3)11(14)13(6-2)8-10(4)12(15)16/h7,10H,5-6,8H2,1-4H3,(H,15,16). The summed E-state index contributed by atoms with van der Waals surface area (Å²) in [7, 11) is 0. The van der Waals surface area contributed by atoms with Gasteiger partial charge in [-0.05, 0) is 20.3 Å². The summed E-state index contributed by atoms with van der Waals surface area (Å²) in [5.41, 5.74) is 0.682. The van der Waals surface area contributed by atoms with Gasteiger partial charge in [-0.1, -0.05) is 19.9 Å². The molecule has 0 rings (SSSR count). The van der Waals surface area contributed by atoms with Crippen molar-refractivity contribution in [1.82, 2.24) is 4.90 Å². The predicted octanol–water partition coefficient (Wildman–Crippen LogP) is 1.91. The molecule has 0 saturated carbocycles. The molecule has 0 aliphatic rings. The molecule has 1 unspecified atom stereocenters. The maximum Gasteiger partial charge on any atom is 0.308 e. The van der Waals surface area contributed by atoms with E-state index in [9.17, 15) is 9.59 Å². The lowest BCUT2D eigenvalue weighted by atomic mass is 10.1. The van der Waals surface area contributed by atoms with Gasteiger partial charge in [-0.2, -0.15) is 0 Å². The van der Waals surface area contributed by atoms with Crippen LogP contribution < -0.4 is 0 Å². The third kappa shape index (κ3) is 4.47. The Kier molecular flexibility index (Phi) is 6.46. The molecule has 0 fully saturated rings. The summed E-state index contributed by atoms with van der Waals surface area (Å²) < 4.78 is 0. The van der Waals surface area contributed by atoms with E-state index in [1.54, 1.807) is 18.7 Å². The first kappa shape index (κ1) is 14.7. The van der Waals surface area contributed by atoms with E-state index in [2.05, 4.69) is 0 Å². The number of amides is 1. The minimum absolute atomic E-state index is 0.0718. The van der Waals surface area contributed by atoms with Crippen molar-refractivity contribution in [3.8, 4) is 0 Å². The number of hydrogen-bond donors (Lipinski definition) is 1. The summed E-state index contributed by atoms with van der Waals surface area (Å²) in [5, 5.41) is 8.80. The normalized spacial score (nSPS) is 13.4. The second-order valence-corrected chi connectivity index (χ2v) is 3.88. The van der Waals surface area contributed by atoms with E-state index in [0.29, 0.717) is 12.1 Å². The fraction of sp³-hybridized carbons (Fsp3) is 0.667. The van der Waals surface area contributed by atoms with Crippen LogP contribution in [0.4, 0.5) is 0 Å². The Morgan fingerprint density at radius 1 is 1.38 bits per heavy atom. The molecule has 1 N–H and O–H groups in total. The molecule has 4 nitrogen and oxygen atoms in total. The average Bonchev–Trinajstić information content (AvgIpc) is 2.24. The molecule has 0 heterocycles. The minimum Gasteiger partial charge on any atom is -0.481 e. The molecular weight excluding hydrogens is 206 g/mol. The summed E-state index contributed by atoms with van der Waals surface area (Å²) >= 11 is 0. The third-order valence-electron chi connectivity index (χ3n) is 2.43. The maximum absolute atomic E-state index is 11.9. The van der Waals surface area contributed by atoms with E-state index < -0.39 is 11.9 Å². The molecule has 16 heavy (non-hydrogen) atoms. The lowest BCUT2D eigenvalue weighted by Gasteiger charge is -2.23. The Labute approximate surface area is 96.9 Å². The Morgan fingerprint density at radius 3 is 2.31 bits per heavy atom. The first-order valence-corrected chi connectivity index (χ1v) is 5.62. The smallest absolute Gasteiger partial charge is 0.308 e. The van der Waals surface area contributed by atoms with Crippen LogP contribution in [0.15, 0.2) is 11.6 Å². The quantitative estimate of drug-likeness (QED) is 0.705. The first-order valence-electron chi connectivity index (χ1n) is 5.62. The number of nitrogens with zero attached hydrogens (tertiary/aromatic N) is 1. The van der Waals surface area contributed by atoms with Gasteiger partial charge < -0.3 is 10.0 Å². The van der Waals surface area contributed by atoms with Crippen LogP contribution in [0.5, 0.6) is 0 Å². The number of carbonyl (C=O) groups excluding carboxylic acids is 1. The van der Waals surface area contributed by atoms with Crippen LogP contribution in [0.3, 0.4) is 0 Å². The van der Waals surface area contributed by atoms with Gasteiger partial charge in [-0.3, -0.25) is 9.59 Å². The van der Waals surface area contributed by atoms with Crippen LogP contribution in [0.1, 0.15) is 34.1 Å². The van der Waals surface area contributed by atoms with E-state index in [1.165, 1.54) is 0 Å². The van der Waals surface area contributed by atoms with Crippen molar-refractivity contribution < 1.29 is 14.7 Å². The molecule has 1 atom stereocenters. The maximum atomic E-state index is 11.9. The molecule has 0 aromatic carbocycles. The molecule has 0 aliphatic carbocycles. The third-order valence-corrected chi connectivity index (χ3v) is 2.43. The van der Waals surface area contributed by atoms with Crippen molar-refractivity contribution in [2.24, 2.45) is 5.92 Å². The number of hydrogen-bond acceptors (Lipinski definition) is 2. The fourth-order valence-electron chi connectivity index (χ4n) is 1.41. The second kappa shape index (κ2) is 7.04. The summed E-state index contributed by atoms with van der Waals surface area (Å²) in [6, 6.07) is 0. The Morgan fingerprint density at radius 2 is 1.94 bits per heavy atom. The van der Waals surface area contributed by atoms with Gasteiger partial charge in [0.25, 0.3) is 0 Å². The molecule has 0 radical (unpaired) electrons. The van der Waals surface area contributed by atoms with E-state index in [-0.39, 0.29) is 12.5 Å². The number of rotatable bonds is 6. The first-order chi connectivity index (χ1) is 7.43. The van der Waals surface area contributed by atoms with Crippen molar-refractivity contribution in [3.05, 3.63) is 11.6 Å². The highest BCUT2D eigenvalue weighted by Crippen LogP contribution is 2.06. The SMILES string of the molecule is CCC=C(C)C(=O)N(CC)CC(C)C(=O)O. The highest BCUT2D eigenvalue weighted by atomic mass is 16.4. The van der Waals surface area contributed by atoms with Crippen molar-refractivity contribution in [1.29, 1.82) is 0 Å². The molecule has 0 bridgehead atoms. The molecule has 92 valence electrons. The number of carboxylic acid groups (broad SMARTS) is 1. The van der Waals surface area contributed by atoms with Crippen LogP contribution in [-0.4, -0.2) is 35.0 Å². The topological polar surface area (TPSA) is 57.6 Å². The number of carbonyl (C=O) groups is 2. The number of aliphatic carboxylic acids is 1. The molecule has 0 saturated heterocycles. The van der Waals surface area contributed by atoms with Gasteiger partial charge in [-0.15, -0.1) is 0 Å². The molecule has 0 aliphatic heterocycles. The van der Waals surface area contributed by atoms with Gasteiger partial charge >= 0.3 is 5.97 Å². The predicted molar refractivity (Wildman–Crippen MR) is 63.1 cm³/mol. The molecule has 0 aromatic rings. The van der Waals surface area contributed by atoms with Crippen molar-refractivity contribution in [3.63, 3.8) is 0 Å². The molecule has 0 spiro atoms. The second-order valence-electron chi connectivity index (χ2n) is 3.88. The van der Waals surface area contributed by atoms with Crippen LogP contribution in [0.2, 0.25) is 0 Å². The lowest BCUT2D eigenvalue weighted by Crippen LogP contribution is -2.37. The highest BCUT2D eigenvalue weighted by molar-refractivity contribution is 5.93. The van der Waals surface area contributed by atoms with E-state index in [1.807, 2.05) is 19.9 Å². The Balaban J connectivity index is 4.56. The Bertz CT molecular complexity index is 284. The molecular formula is C12H21NO3. The van der Waals surface area contributed by atoms with Gasteiger partial charge in [0.1, 0.15) is 0 Å². The van der Waals surface area contributed by atoms with Crippen molar-refractivity contribution in [2.45, 2.75) is 34.1 Å². The van der Waals surface area contributed by atoms with Crippen molar-refractivity contribution >= 4 is 11.9 Å². The molecule has 0 aromatic heterocycles. The zero-order chi connectivity index (χ0) is 12.7. The van der Waals surface area contributed by atoms with E-state index in [4.69, 9.17) is 5.11 Å². The number of likely N-dealkylation sites (N-methyl/N-ethyl adjacent to an activating group) is 1. The van der Waals surface area contributed by atoms with Gasteiger partial charge in [0.15, 0.2) is 0 Å². The zero-order valence-electron chi connectivity index (χ0n) is 10.5. The summed E-state index contributed by atoms with van der Waals surface area (Å²) in [4.78, 5) is 24.2. The van der Waals surface area contributed by atoms with Crippen LogP contribution >= 0.6 is 0 Å². The zero-order valence-corrected chi connectivity index (χ0v) is 10.5. The van der Waals surface area contributed by atoms with Gasteiger partial charge in [-0.25, -0.2) is 0 Å². The van der Waals surface area contributed by atoms with Crippen LogP contribution in [0.25, 0.3) is 0 Å². The number of allylic oxidation sites excluding steroid dienone is 1. The lowest BCUT2D eigenvalue weighted by molar-refractivity contribution is -0.142. The number of carboxylic acids is 1. The monoisotopic (exact) mass is 227 g/mol. The Hall–Kier alpha value is -1.32. The van der Waals surface area contributed by atoms with Crippen molar-refractivity contribution in [2.75, 3.05) is 13.1 Å². The minimum atomic E-state index is -0.872. The van der Waals surface area contributed by atoms with E-state index in [0.717, 1.165) is 6.42 Å². The van der Waals surface area contributed by atoms with Gasteiger partial charge in [0, 0.05) is 18.7 Å². The summed E-state index contributed by atoms with van der Waals surface area (Å²) in [5.74, 6) is -1.47. The van der Waals surface area contributed by atoms with E-state index >= 15 is 0 Å². The molecule has 4 heteroatoms. The van der Waals surface area contributed by atoms with Crippen LogP contribution in [-0.2, 0) is 9.59 Å². The van der Waals surface area contributed by atoms with Gasteiger partial charge in [0.2, 0.25) is 5.91 Å². The molecule has 1 amide bonds. The van der Waals surface area contributed by atoms with Gasteiger partial charge in [0.05, 0.1) is 5.92 Å². The summed E-state index contributed by atoms with van der Waals surface area (Å²) in [6.45, 7) is 7.99. The fourth-order valence-corrected chi connectivity index (χ4v) is 1.41. The highest BCUT2D eigenvalue weighted by Gasteiger charge is 2.19. The average molecular weight is 227 g/mol. The summed E-state index contributed by atoms with van der Waals surface area (Å²) in [6.07, 6.45) is 2.67. The van der Waals surface area contributed by atoms with Crippen LogP contribution in [0, 0.1) is 5.92 Å². The largest absolute Gasteiger partial charge is 0.481 e.